The number of carbonyl (C=O) groups is 2. The van der Waals surface area contributed by atoms with Crippen LogP contribution in [0.15, 0.2) is 0 Å². The summed E-state index contributed by atoms with van der Waals surface area (Å²) in [5, 5.41) is 16.7. The van der Waals surface area contributed by atoms with Crippen LogP contribution in [0.3, 0.4) is 0 Å². The van der Waals surface area contributed by atoms with Gasteiger partial charge in [-0.25, -0.2) is 0 Å². The van der Waals surface area contributed by atoms with E-state index in [2.05, 4.69) is 5.73 Å². The molecule has 0 aromatic carbocycles. The molecule has 9 heavy (non-hydrogen) atoms. The van der Waals surface area contributed by atoms with Crippen molar-refractivity contribution in [2.75, 3.05) is 0 Å². The number of nitrogens with two attached hydrogens (primary N) is 1. The predicted octanol–water partition coefficient (Wildman–Crippen LogP) is -9.34. The molecule has 0 saturated carbocycles. The SMILES string of the molecule is NC=O.O=C([O-])[O-].[K+].[K+]. The van der Waals surface area contributed by atoms with Crippen LogP contribution in [0.2, 0.25) is 0 Å². The van der Waals surface area contributed by atoms with Gasteiger partial charge in [0.1, 0.15) is 0 Å². The Morgan fingerprint density at radius 3 is 1.33 bits per heavy atom. The van der Waals surface area contributed by atoms with Gasteiger partial charge in [-0.3, -0.25) is 4.79 Å². The van der Waals surface area contributed by atoms with Gasteiger partial charge >= 0.3 is 103 Å². The van der Waals surface area contributed by atoms with Crippen molar-refractivity contribution in [3.63, 3.8) is 0 Å². The molecule has 0 spiro atoms. The van der Waals surface area contributed by atoms with Gasteiger partial charge in [-0.1, -0.05) is 0 Å². The summed E-state index contributed by atoms with van der Waals surface area (Å²) in [5.41, 5.74) is 4.17. The van der Waals surface area contributed by atoms with Crippen LogP contribution in [0, 0.1) is 0 Å². The van der Waals surface area contributed by atoms with Gasteiger partial charge in [0.2, 0.25) is 6.41 Å². The maximum Gasteiger partial charge on any atom is 1.00 e. The van der Waals surface area contributed by atoms with Crippen LogP contribution in [-0.4, -0.2) is 12.6 Å². The van der Waals surface area contributed by atoms with Gasteiger partial charge in [0.05, 0.1) is 0 Å². The first kappa shape index (κ1) is 22.5. The van der Waals surface area contributed by atoms with Crippen molar-refractivity contribution in [1.82, 2.24) is 0 Å². The number of hydrogen-bond acceptors (Lipinski definition) is 4. The summed E-state index contributed by atoms with van der Waals surface area (Å²) >= 11 is 0. The van der Waals surface area contributed by atoms with Crippen molar-refractivity contribution in [2.24, 2.45) is 5.73 Å². The van der Waals surface area contributed by atoms with E-state index in [1.807, 2.05) is 0 Å². The molecular weight excluding hydrogens is 180 g/mol. The standard InChI is InChI=1S/CH3NO.CH2O3.2K/c2-1-3;2-1(3)4;;/h1H,(H2,2,3);(H2,2,3,4);;/q;;2*+1/p-2. The summed E-state index contributed by atoms with van der Waals surface area (Å²) in [5.74, 6) is 0. The molecule has 7 heteroatoms. The third-order valence-corrected chi connectivity index (χ3v) is 0. The summed E-state index contributed by atoms with van der Waals surface area (Å²) in [4.78, 5) is 16.9. The predicted molar refractivity (Wildman–Crippen MR) is 15.6 cm³/mol. The van der Waals surface area contributed by atoms with Crippen LogP contribution in [0.5, 0.6) is 0 Å². The molecule has 0 rings (SSSR count). The fourth-order valence-electron chi connectivity index (χ4n) is 0. The molecule has 0 aromatic rings. The van der Waals surface area contributed by atoms with Crippen molar-refractivity contribution >= 4 is 12.6 Å². The molecule has 0 radical (unpaired) electrons. The normalized spacial score (nSPS) is 4.00. The van der Waals surface area contributed by atoms with Crippen LogP contribution in [-0.2, 0) is 4.79 Å². The Morgan fingerprint density at radius 1 is 1.33 bits per heavy atom. The van der Waals surface area contributed by atoms with E-state index in [0.29, 0.717) is 0 Å². The van der Waals surface area contributed by atoms with E-state index in [0.717, 1.165) is 0 Å². The van der Waals surface area contributed by atoms with Gasteiger partial charge in [-0.2, -0.15) is 0 Å². The minimum Gasteiger partial charge on any atom is -0.652 e. The summed E-state index contributed by atoms with van der Waals surface area (Å²) in [6, 6.07) is 0. The van der Waals surface area contributed by atoms with E-state index in [9.17, 15) is 0 Å². The molecule has 0 saturated heterocycles. The van der Waals surface area contributed by atoms with Crippen molar-refractivity contribution in [3.8, 4) is 0 Å². The Balaban J connectivity index is -0.0000000233. The largest absolute Gasteiger partial charge is 1.00 e. The molecule has 0 unspecified atom stereocenters. The van der Waals surface area contributed by atoms with Crippen LogP contribution >= 0.6 is 0 Å². The fraction of sp³-hybridized carbons (Fsp3) is 0. The number of carboxylic acid groups (broad SMARTS) is 2. The third-order valence-electron chi connectivity index (χ3n) is 0. The van der Waals surface area contributed by atoms with Crippen molar-refractivity contribution in [3.05, 3.63) is 0 Å². The molecule has 0 heterocycles. The molecule has 0 aliphatic heterocycles. The van der Waals surface area contributed by atoms with E-state index < -0.39 is 6.16 Å². The van der Waals surface area contributed by atoms with E-state index in [4.69, 9.17) is 19.8 Å². The molecule has 0 aliphatic rings. The molecule has 1 amide bonds. The summed E-state index contributed by atoms with van der Waals surface area (Å²) < 4.78 is 0. The number of rotatable bonds is 0. The topological polar surface area (TPSA) is 106 Å². The molecular formula is C2H3K2NO4. The zero-order chi connectivity index (χ0) is 6.28. The molecule has 0 atom stereocenters. The van der Waals surface area contributed by atoms with E-state index >= 15 is 0 Å². The average molecular weight is 183 g/mol. The van der Waals surface area contributed by atoms with Gasteiger partial charge in [-0.15, -0.1) is 0 Å². The first-order valence-corrected chi connectivity index (χ1v) is 1.18. The van der Waals surface area contributed by atoms with Gasteiger partial charge in [0.25, 0.3) is 0 Å². The third kappa shape index (κ3) is 159. The molecule has 0 fully saturated rings. The first-order chi connectivity index (χ1) is 3.15. The quantitative estimate of drug-likeness (QED) is 0.297. The van der Waals surface area contributed by atoms with Crippen LogP contribution in [0.4, 0.5) is 4.79 Å². The van der Waals surface area contributed by atoms with Crippen LogP contribution in [0.25, 0.3) is 0 Å². The van der Waals surface area contributed by atoms with Crippen LogP contribution in [0.1, 0.15) is 0 Å². The molecule has 0 bridgehead atoms. The second kappa shape index (κ2) is 22.5. The second-order valence-electron chi connectivity index (χ2n) is 0.386. The Labute approximate surface area is 137 Å². The summed E-state index contributed by atoms with van der Waals surface area (Å²) in [6.45, 7) is 0. The minimum atomic E-state index is -2.33. The van der Waals surface area contributed by atoms with Crippen molar-refractivity contribution in [2.45, 2.75) is 0 Å². The monoisotopic (exact) mass is 183 g/mol. The summed E-state index contributed by atoms with van der Waals surface area (Å²) in [7, 11) is 0. The molecule has 0 aromatic heterocycles. The van der Waals surface area contributed by atoms with E-state index in [-0.39, 0.29) is 109 Å². The second-order valence-corrected chi connectivity index (χ2v) is 0.386. The number of amides is 1. The maximum absolute atomic E-state index is 8.58. The Hall–Kier alpha value is 2.01. The first-order valence-electron chi connectivity index (χ1n) is 1.18. The van der Waals surface area contributed by atoms with Gasteiger partial charge in [0.15, 0.2) is 0 Å². The van der Waals surface area contributed by atoms with Crippen LogP contribution < -0.4 is 119 Å². The Kier molecular flexibility index (Phi) is 56.1. The Morgan fingerprint density at radius 2 is 1.33 bits per heavy atom. The molecule has 0 aliphatic carbocycles. The maximum atomic E-state index is 8.58. The van der Waals surface area contributed by atoms with E-state index in [1.54, 1.807) is 0 Å². The average Bonchev–Trinajstić information content (AvgIpc) is 1.33. The minimum absolute atomic E-state index is 0. The van der Waals surface area contributed by atoms with E-state index in [1.165, 1.54) is 0 Å². The molecule has 42 valence electrons. The smallest absolute Gasteiger partial charge is 0.652 e. The summed E-state index contributed by atoms with van der Waals surface area (Å²) in [6.07, 6.45) is -2.08. The zero-order valence-electron chi connectivity index (χ0n) is 5.29. The Bertz CT molecular complexity index is 63.6. The number of hydrogen-bond donors (Lipinski definition) is 1. The number of primary amides is 1. The van der Waals surface area contributed by atoms with Gasteiger partial charge in [-0.05, 0) is 6.16 Å². The number of carbonyl (C=O) groups excluding carboxylic acids is 2. The van der Waals surface area contributed by atoms with Crippen molar-refractivity contribution in [1.29, 1.82) is 0 Å². The molecule has 2 N–H and O–H groups in total. The van der Waals surface area contributed by atoms with Gasteiger partial charge < -0.3 is 20.7 Å². The fourth-order valence-corrected chi connectivity index (χ4v) is 0. The molecule has 5 nitrogen and oxygen atoms in total. The zero-order valence-corrected chi connectivity index (χ0v) is 11.5. The van der Waals surface area contributed by atoms with Gasteiger partial charge in [0, 0.05) is 0 Å². The van der Waals surface area contributed by atoms with Crippen molar-refractivity contribution < 1.29 is 123 Å².